The number of benzene rings is 2. The van der Waals surface area contributed by atoms with Crippen LogP contribution in [0.4, 0.5) is 17.6 Å². The van der Waals surface area contributed by atoms with Crippen molar-refractivity contribution in [2.75, 3.05) is 0 Å². The molecule has 0 saturated heterocycles. The highest BCUT2D eigenvalue weighted by molar-refractivity contribution is 6.32. The van der Waals surface area contributed by atoms with Gasteiger partial charge in [0, 0.05) is 17.1 Å². The van der Waals surface area contributed by atoms with Crippen molar-refractivity contribution in [3.05, 3.63) is 75.5 Å². The van der Waals surface area contributed by atoms with Crippen molar-refractivity contribution in [3.8, 4) is 17.6 Å². The van der Waals surface area contributed by atoms with Gasteiger partial charge >= 0.3 is 12.1 Å². The smallest absolute Gasteiger partial charge is 0.475 e. The number of aromatic amines is 1. The summed E-state index contributed by atoms with van der Waals surface area (Å²) >= 11 is 12.0. The van der Waals surface area contributed by atoms with Crippen LogP contribution in [-0.4, -0.2) is 33.1 Å². The van der Waals surface area contributed by atoms with Gasteiger partial charge in [0.15, 0.2) is 11.6 Å². The summed E-state index contributed by atoms with van der Waals surface area (Å²) in [7, 11) is 0. The van der Waals surface area contributed by atoms with E-state index < -0.39 is 23.9 Å². The number of nitrogens with zero attached hydrogens (tertiary/aromatic N) is 2. The summed E-state index contributed by atoms with van der Waals surface area (Å²) in [6.07, 6.45) is -2.36. The SMILES string of the molecule is N#Cc1cc(Cl)cc(Oc2c(Cl)ccc(CNC(=O)c3cnc[nH]3)c2F)c1.O=C(O)C(F)(F)F. The summed E-state index contributed by atoms with van der Waals surface area (Å²) in [5.74, 6) is -3.98. The van der Waals surface area contributed by atoms with E-state index in [1.165, 1.54) is 42.9 Å². The van der Waals surface area contributed by atoms with Crippen molar-refractivity contribution in [1.82, 2.24) is 15.3 Å². The number of aliphatic carboxylic acids is 1. The van der Waals surface area contributed by atoms with Gasteiger partial charge in [0.1, 0.15) is 11.4 Å². The minimum atomic E-state index is -5.08. The number of nitrogens with one attached hydrogen (secondary N) is 2. The van der Waals surface area contributed by atoms with Crippen LogP contribution in [0.25, 0.3) is 0 Å². The van der Waals surface area contributed by atoms with Crippen molar-refractivity contribution in [2.24, 2.45) is 0 Å². The number of alkyl halides is 3. The first-order chi connectivity index (χ1) is 15.9. The molecule has 178 valence electrons. The van der Waals surface area contributed by atoms with E-state index in [-0.39, 0.29) is 44.9 Å². The predicted octanol–water partition coefficient (Wildman–Crippen LogP) is 5.08. The second-order valence-corrected chi connectivity index (χ2v) is 7.03. The van der Waals surface area contributed by atoms with Crippen LogP contribution in [-0.2, 0) is 11.3 Å². The van der Waals surface area contributed by atoms with Crippen LogP contribution in [0.3, 0.4) is 0 Å². The standard InChI is InChI=1S/C18H11Cl2FN4O2.C2HF3O2/c19-12-3-10(6-22)4-13(5-12)27-17-14(20)2-1-11(16(17)21)7-24-18(26)15-8-23-9-25-15;3-2(4,5)1(6)7/h1-5,8-9H,7H2,(H,23,25)(H,24,26);(H,6,7). The minimum Gasteiger partial charge on any atom is -0.475 e. The minimum absolute atomic E-state index is 0.0367. The van der Waals surface area contributed by atoms with E-state index in [4.69, 9.17) is 43.1 Å². The van der Waals surface area contributed by atoms with E-state index in [0.717, 1.165) is 0 Å². The Morgan fingerprint density at radius 2 is 1.91 bits per heavy atom. The Bertz CT molecular complexity index is 1230. The Balaban J connectivity index is 0.000000509. The van der Waals surface area contributed by atoms with Crippen LogP contribution in [0.2, 0.25) is 10.0 Å². The number of hydrogen-bond donors (Lipinski definition) is 3. The number of rotatable bonds is 5. The second kappa shape index (κ2) is 11.4. The number of aromatic nitrogens is 2. The molecule has 3 aromatic rings. The summed E-state index contributed by atoms with van der Waals surface area (Å²) < 4.78 is 52.1. The zero-order valence-corrected chi connectivity index (χ0v) is 18.1. The molecule has 2 aromatic carbocycles. The third-order valence-corrected chi connectivity index (χ3v) is 4.29. The average Bonchev–Trinajstić information content (AvgIpc) is 3.30. The van der Waals surface area contributed by atoms with Crippen molar-refractivity contribution < 1.29 is 37.0 Å². The summed E-state index contributed by atoms with van der Waals surface area (Å²) in [5, 5.41) is 19.0. The summed E-state index contributed by atoms with van der Waals surface area (Å²) in [5.41, 5.74) is 0.686. The number of hydrogen-bond acceptors (Lipinski definition) is 5. The number of H-pyrrole nitrogens is 1. The van der Waals surface area contributed by atoms with Crippen molar-refractivity contribution in [3.63, 3.8) is 0 Å². The number of imidazole rings is 1. The van der Waals surface area contributed by atoms with E-state index in [0.29, 0.717) is 0 Å². The molecule has 0 radical (unpaired) electrons. The Morgan fingerprint density at radius 1 is 1.24 bits per heavy atom. The van der Waals surface area contributed by atoms with E-state index in [2.05, 4.69) is 15.3 Å². The first kappa shape index (κ1) is 26.4. The molecule has 1 heterocycles. The predicted molar refractivity (Wildman–Crippen MR) is 111 cm³/mol. The number of nitriles is 1. The molecule has 8 nitrogen and oxygen atoms in total. The number of halogens is 6. The number of carboxylic acid groups (broad SMARTS) is 1. The number of carboxylic acids is 1. The van der Waals surface area contributed by atoms with Gasteiger partial charge in [-0.05, 0) is 24.3 Å². The van der Waals surface area contributed by atoms with E-state index in [1.54, 1.807) is 0 Å². The molecule has 0 aliphatic heterocycles. The summed E-state index contributed by atoms with van der Waals surface area (Å²) in [6, 6.07) is 9.13. The molecule has 14 heteroatoms. The van der Waals surface area contributed by atoms with Gasteiger partial charge in [0.05, 0.1) is 29.2 Å². The van der Waals surface area contributed by atoms with Crippen LogP contribution in [0.1, 0.15) is 21.6 Å². The van der Waals surface area contributed by atoms with Gasteiger partial charge in [0.25, 0.3) is 5.91 Å². The van der Waals surface area contributed by atoms with Gasteiger partial charge in [-0.1, -0.05) is 29.3 Å². The zero-order chi connectivity index (χ0) is 25.5. The molecule has 0 spiro atoms. The van der Waals surface area contributed by atoms with Crippen LogP contribution in [0.5, 0.6) is 11.5 Å². The lowest BCUT2D eigenvalue weighted by molar-refractivity contribution is -0.192. The first-order valence-electron chi connectivity index (χ1n) is 8.84. The molecule has 0 aliphatic carbocycles. The van der Waals surface area contributed by atoms with Crippen LogP contribution < -0.4 is 10.1 Å². The Morgan fingerprint density at radius 3 is 2.47 bits per heavy atom. The van der Waals surface area contributed by atoms with Crippen molar-refractivity contribution in [1.29, 1.82) is 5.26 Å². The van der Waals surface area contributed by atoms with E-state index >= 15 is 0 Å². The number of carbonyl (C=O) groups excluding carboxylic acids is 1. The molecule has 0 bridgehead atoms. The first-order valence-corrected chi connectivity index (χ1v) is 9.60. The van der Waals surface area contributed by atoms with Crippen molar-refractivity contribution in [2.45, 2.75) is 12.7 Å². The maximum Gasteiger partial charge on any atom is 0.490 e. The molecule has 0 fully saturated rings. The zero-order valence-electron chi connectivity index (χ0n) is 16.6. The average molecular weight is 519 g/mol. The molecule has 0 aliphatic rings. The quantitative estimate of drug-likeness (QED) is 0.404. The molecular formula is C20H12Cl2F4N4O4. The van der Waals surface area contributed by atoms with Crippen LogP contribution in [0, 0.1) is 17.1 Å². The number of carbonyl (C=O) groups is 2. The molecule has 3 N–H and O–H groups in total. The Labute approximate surface area is 198 Å². The van der Waals surface area contributed by atoms with Crippen LogP contribution >= 0.6 is 23.2 Å². The third kappa shape index (κ3) is 7.36. The van der Waals surface area contributed by atoms with Gasteiger partial charge in [-0.2, -0.15) is 18.4 Å². The molecule has 0 saturated carbocycles. The molecule has 1 amide bonds. The third-order valence-electron chi connectivity index (χ3n) is 3.77. The lowest BCUT2D eigenvalue weighted by atomic mass is 10.2. The molecule has 34 heavy (non-hydrogen) atoms. The number of ether oxygens (including phenoxy) is 1. The summed E-state index contributed by atoms with van der Waals surface area (Å²) in [6.45, 7) is -0.0871. The topological polar surface area (TPSA) is 128 Å². The van der Waals surface area contributed by atoms with Gasteiger partial charge in [-0.15, -0.1) is 0 Å². The largest absolute Gasteiger partial charge is 0.490 e. The van der Waals surface area contributed by atoms with Crippen LogP contribution in [0.15, 0.2) is 42.9 Å². The lowest BCUT2D eigenvalue weighted by Crippen LogP contribution is -2.23. The van der Waals surface area contributed by atoms with Gasteiger partial charge in [-0.3, -0.25) is 4.79 Å². The maximum atomic E-state index is 14.8. The van der Waals surface area contributed by atoms with Gasteiger partial charge in [0.2, 0.25) is 0 Å². The van der Waals surface area contributed by atoms with E-state index in [1.807, 2.05) is 6.07 Å². The molecule has 0 unspecified atom stereocenters. The van der Waals surface area contributed by atoms with Crippen molar-refractivity contribution >= 4 is 35.1 Å². The highest BCUT2D eigenvalue weighted by Gasteiger charge is 2.38. The molecule has 3 rings (SSSR count). The fourth-order valence-electron chi connectivity index (χ4n) is 2.26. The summed E-state index contributed by atoms with van der Waals surface area (Å²) in [4.78, 5) is 27.2. The molecule has 1 aromatic heterocycles. The van der Waals surface area contributed by atoms with E-state index in [9.17, 15) is 22.4 Å². The highest BCUT2D eigenvalue weighted by atomic mass is 35.5. The fraction of sp³-hybridized carbons (Fsp3) is 0.100. The second-order valence-electron chi connectivity index (χ2n) is 6.19. The fourth-order valence-corrected chi connectivity index (χ4v) is 2.67. The Kier molecular flexibility index (Phi) is 8.83. The Hall–Kier alpha value is -3.82. The van der Waals surface area contributed by atoms with Gasteiger partial charge < -0.3 is 20.1 Å². The molecule has 0 atom stereocenters. The normalized spacial score (nSPS) is 10.5. The maximum absolute atomic E-state index is 14.8. The van der Waals surface area contributed by atoms with Gasteiger partial charge in [-0.25, -0.2) is 14.2 Å². The lowest BCUT2D eigenvalue weighted by Gasteiger charge is -2.13. The number of amides is 1. The molecular weight excluding hydrogens is 507 g/mol. The highest BCUT2D eigenvalue weighted by Crippen LogP contribution is 2.35. The monoisotopic (exact) mass is 518 g/mol.